The number of ether oxygens (including phenoxy) is 1. The van der Waals surface area contributed by atoms with Gasteiger partial charge in [-0.15, -0.1) is 11.3 Å². The second-order valence-corrected chi connectivity index (χ2v) is 9.82. The first-order chi connectivity index (χ1) is 14.4. The molecule has 0 fully saturated rings. The van der Waals surface area contributed by atoms with E-state index in [0.717, 1.165) is 4.88 Å². The molecule has 0 spiro atoms. The zero-order valence-electron chi connectivity index (χ0n) is 16.4. The Bertz CT molecular complexity index is 1140. The molecule has 2 aromatic heterocycles. The normalized spacial score (nSPS) is 16.1. The number of anilines is 1. The number of benzene rings is 1. The van der Waals surface area contributed by atoms with Crippen LogP contribution in [0.3, 0.4) is 0 Å². The Morgan fingerprint density at radius 2 is 2.10 bits per heavy atom. The van der Waals surface area contributed by atoms with Gasteiger partial charge in [0.2, 0.25) is 21.7 Å². The number of fused-ring (bicyclic) bond motifs is 1. The molecule has 0 saturated carbocycles. The topological polar surface area (TPSA) is 106 Å². The van der Waals surface area contributed by atoms with Crippen molar-refractivity contribution < 1.29 is 22.5 Å². The Hall–Kier alpha value is -2.92. The number of thiophene rings is 1. The molecule has 1 aromatic carbocycles. The van der Waals surface area contributed by atoms with Gasteiger partial charge < -0.3 is 14.2 Å². The van der Waals surface area contributed by atoms with Crippen LogP contribution in [0.15, 0.2) is 46.3 Å². The van der Waals surface area contributed by atoms with E-state index in [9.17, 15) is 13.2 Å². The maximum absolute atomic E-state index is 13.0. The summed E-state index contributed by atoms with van der Waals surface area (Å²) in [6.07, 6.45) is -0.981. The number of nitrogens with zero attached hydrogens (tertiary/aromatic N) is 4. The smallest absolute Gasteiger partial charge is 0.265 e. The van der Waals surface area contributed by atoms with Crippen LogP contribution in [0.25, 0.3) is 10.7 Å². The predicted octanol–water partition coefficient (Wildman–Crippen LogP) is 2.37. The van der Waals surface area contributed by atoms with Crippen LogP contribution in [0.5, 0.6) is 5.75 Å². The van der Waals surface area contributed by atoms with E-state index in [2.05, 4.69) is 10.1 Å². The van der Waals surface area contributed by atoms with Gasteiger partial charge in [0.25, 0.3) is 5.91 Å². The van der Waals surface area contributed by atoms with Crippen LogP contribution in [0.4, 0.5) is 5.69 Å². The number of para-hydroxylation sites is 2. The zero-order chi connectivity index (χ0) is 21.3. The molecule has 1 aliphatic rings. The van der Waals surface area contributed by atoms with Gasteiger partial charge in [0.15, 0.2) is 6.10 Å². The molecule has 11 heteroatoms. The number of likely N-dealkylation sites (N-methyl/N-ethyl adjacent to an activating group) is 1. The standard InChI is InChI=1S/C19H20N4O5S2/c1-3-30(25,26)23-11-15(27-14-8-5-4-7-13(14)23)19(24)22(2)12-17-20-18(21-28-17)16-9-6-10-29-16/h4-10,15H,3,11-12H2,1-2H3. The van der Waals surface area contributed by atoms with Crippen molar-refractivity contribution >= 4 is 33.0 Å². The number of hydrogen-bond acceptors (Lipinski definition) is 8. The van der Waals surface area contributed by atoms with Gasteiger partial charge >= 0.3 is 0 Å². The second-order valence-electron chi connectivity index (χ2n) is 6.69. The number of aromatic nitrogens is 2. The van der Waals surface area contributed by atoms with Gasteiger partial charge in [0.05, 0.1) is 29.4 Å². The minimum Gasteiger partial charge on any atom is -0.476 e. The maximum Gasteiger partial charge on any atom is 0.265 e. The van der Waals surface area contributed by atoms with Gasteiger partial charge in [-0.2, -0.15) is 4.98 Å². The molecule has 1 amide bonds. The van der Waals surface area contributed by atoms with Gasteiger partial charge in [-0.3, -0.25) is 9.10 Å². The molecule has 1 aliphatic heterocycles. The van der Waals surface area contributed by atoms with E-state index in [1.54, 1.807) is 38.2 Å². The predicted molar refractivity (Wildman–Crippen MR) is 112 cm³/mol. The molecule has 0 N–H and O–H groups in total. The van der Waals surface area contributed by atoms with E-state index < -0.39 is 16.1 Å². The third-order valence-corrected chi connectivity index (χ3v) is 7.28. The Morgan fingerprint density at radius 3 is 2.83 bits per heavy atom. The number of sulfonamides is 1. The van der Waals surface area contributed by atoms with Crippen LogP contribution in [-0.2, 0) is 21.4 Å². The summed E-state index contributed by atoms with van der Waals surface area (Å²) in [4.78, 5) is 19.6. The highest BCUT2D eigenvalue weighted by molar-refractivity contribution is 7.92. The van der Waals surface area contributed by atoms with Crippen LogP contribution < -0.4 is 9.04 Å². The van der Waals surface area contributed by atoms with E-state index in [1.165, 1.54) is 20.5 Å². The summed E-state index contributed by atoms with van der Waals surface area (Å²) in [5, 5.41) is 5.85. The molecule has 1 unspecified atom stereocenters. The van der Waals surface area contributed by atoms with Crippen molar-refractivity contribution in [1.29, 1.82) is 0 Å². The maximum atomic E-state index is 13.0. The summed E-state index contributed by atoms with van der Waals surface area (Å²) in [5.41, 5.74) is 0.434. The third kappa shape index (κ3) is 3.90. The van der Waals surface area contributed by atoms with E-state index in [4.69, 9.17) is 9.26 Å². The molecule has 4 rings (SSSR count). The summed E-state index contributed by atoms with van der Waals surface area (Å²) in [5.74, 6) is 0.639. The van der Waals surface area contributed by atoms with Crippen LogP contribution in [0.2, 0.25) is 0 Å². The summed E-state index contributed by atoms with van der Waals surface area (Å²) < 4.78 is 37.5. The summed E-state index contributed by atoms with van der Waals surface area (Å²) in [7, 11) is -1.98. The lowest BCUT2D eigenvalue weighted by atomic mass is 10.2. The Balaban J connectivity index is 1.51. The third-order valence-electron chi connectivity index (χ3n) is 4.67. The number of carbonyl (C=O) groups is 1. The lowest BCUT2D eigenvalue weighted by molar-refractivity contribution is -0.138. The van der Waals surface area contributed by atoms with E-state index >= 15 is 0 Å². The van der Waals surface area contributed by atoms with Crippen molar-refractivity contribution in [3.63, 3.8) is 0 Å². The summed E-state index contributed by atoms with van der Waals surface area (Å²) in [6.45, 7) is 1.55. The lowest BCUT2D eigenvalue weighted by Crippen LogP contribution is -2.51. The molecular weight excluding hydrogens is 428 g/mol. The summed E-state index contributed by atoms with van der Waals surface area (Å²) in [6, 6.07) is 10.5. The molecule has 3 aromatic rings. The van der Waals surface area contributed by atoms with Gasteiger partial charge in [-0.25, -0.2) is 8.42 Å². The fraction of sp³-hybridized carbons (Fsp3) is 0.316. The molecule has 3 heterocycles. The highest BCUT2D eigenvalue weighted by atomic mass is 32.2. The highest BCUT2D eigenvalue weighted by Crippen LogP contribution is 2.35. The number of amides is 1. The quantitative estimate of drug-likeness (QED) is 0.570. The summed E-state index contributed by atoms with van der Waals surface area (Å²) >= 11 is 1.49. The molecule has 1 atom stereocenters. The molecule has 0 radical (unpaired) electrons. The monoisotopic (exact) mass is 448 g/mol. The highest BCUT2D eigenvalue weighted by Gasteiger charge is 2.37. The SMILES string of the molecule is CCS(=O)(=O)N1CC(C(=O)N(C)Cc2nc(-c3cccs3)no2)Oc2ccccc21. The number of carbonyl (C=O) groups excluding carboxylic acids is 1. The minimum atomic E-state index is -3.56. The van der Waals surface area contributed by atoms with Gasteiger partial charge in [-0.05, 0) is 30.5 Å². The van der Waals surface area contributed by atoms with Gasteiger partial charge in [0.1, 0.15) is 5.75 Å². The minimum absolute atomic E-state index is 0.0778. The van der Waals surface area contributed by atoms with Crippen LogP contribution in [0.1, 0.15) is 12.8 Å². The van der Waals surface area contributed by atoms with Crippen LogP contribution in [0, 0.1) is 0 Å². The van der Waals surface area contributed by atoms with Crippen LogP contribution in [-0.4, -0.2) is 54.8 Å². The molecule has 0 saturated heterocycles. The Morgan fingerprint density at radius 1 is 1.30 bits per heavy atom. The fourth-order valence-electron chi connectivity index (χ4n) is 3.10. The first-order valence-corrected chi connectivity index (χ1v) is 11.8. The van der Waals surface area contributed by atoms with Crippen molar-refractivity contribution in [3.05, 3.63) is 47.7 Å². The molecule has 30 heavy (non-hydrogen) atoms. The van der Waals surface area contributed by atoms with E-state index in [0.29, 0.717) is 17.3 Å². The average Bonchev–Trinajstić information content (AvgIpc) is 3.44. The number of hydrogen-bond donors (Lipinski definition) is 0. The largest absolute Gasteiger partial charge is 0.476 e. The van der Waals surface area contributed by atoms with Crippen molar-refractivity contribution in [2.75, 3.05) is 23.7 Å². The van der Waals surface area contributed by atoms with Gasteiger partial charge in [0, 0.05) is 7.05 Å². The molecule has 158 valence electrons. The molecule has 0 aliphatic carbocycles. The van der Waals surface area contributed by atoms with E-state index in [1.807, 2.05) is 17.5 Å². The average molecular weight is 449 g/mol. The van der Waals surface area contributed by atoms with Crippen molar-refractivity contribution in [1.82, 2.24) is 15.0 Å². The first kappa shape index (κ1) is 20.4. The van der Waals surface area contributed by atoms with Crippen molar-refractivity contribution in [2.45, 2.75) is 19.6 Å². The fourth-order valence-corrected chi connectivity index (χ4v) is 4.88. The zero-order valence-corrected chi connectivity index (χ0v) is 18.0. The first-order valence-electron chi connectivity index (χ1n) is 9.26. The van der Waals surface area contributed by atoms with Crippen LogP contribution >= 0.6 is 11.3 Å². The number of rotatable bonds is 6. The molecule has 0 bridgehead atoms. The Kier molecular flexibility index (Phi) is 5.48. The van der Waals surface area contributed by atoms with Gasteiger partial charge in [-0.1, -0.05) is 23.4 Å². The molecule has 9 nitrogen and oxygen atoms in total. The van der Waals surface area contributed by atoms with Crippen molar-refractivity contribution in [3.8, 4) is 16.5 Å². The molecular formula is C19H20N4O5S2. The second kappa shape index (κ2) is 8.07. The lowest BCUT2D eigenvalue weighted by Gasteiger charge is -2.35. The van der Waals surface area contributed by atoms with E-state index in [-0.39, 0.29) is 30.6 Å². The Labute approximate surface area is 177 Å². The van der Waals surface area contributed by atoms with Crippen molar-refractivity contribution in [2.24, 2.45) is 0 Å².